The normalized spacial score (nSPS) is 10.9. The lowest BCUT2D eigenvalue weighted by Crippen LogP contribution is -2.30. The lowest BCUT2D eigenvalue weighted by molar-refractivity contribution is 0.306. The minimum atomic E-state index is 0. The van der Waals surface area contributed by atoms with Crippen LogP contribution in [0.5, 0.6) is 0 Å². The molecule has 166 valence electrons. The first-order chi connectivity index (χ1) is 14.3. The third kappa shape index (κ3) is 5.85. The lowest BCUT2D eigenvalue weighted by atomic mass is 10.0. The van der Waals surface area contributed by atoms with Crippen molar-refractivity contribution >= 4 is 86.3 Å². The van der Waals surface area contributed by atoms with Gasteiger partial charge in [-0.3, -0.25) is 0 Å². The number of pyridine rings is 1. The third-order valence-corrected chi connectivity index (χ3v) is 5.67. The van der Waals surface area contributed by atoms with Crippen LogP contribution >= 0.6 is 48.0 Å². The van der Waals surface area contributed by atoms with Crippen molar-refractivity contribution < 1.29 is 0 Å². The van der Waals surface area contributed by atoms with E-state index in [4.69, 9.17) is 28.2 Å². The molecule has 1 aromatic heterocycles. The van der Waals surface area contributed by atoms with Crippen molar-refractivity contribution in [3.63, 3.8) is 0 Å². The first kappa shape index (κ1) is 25.8. The second-order valence-electron chi connectivity index (χ2n) is 7.19. The van der Waals surface area contributed by atoms with Crippen LogP contribution < -0.4 is 5.32 Å². The van der Waals surface area contributed by atoms with E-state index in [2.05, 4.69) is 64.8 Å². The van der Waals surface area contributed by atoms with Crippen molar-refractivity contribution in [1.29, 1.82) is 0 Å². The number of anilines is 1. The highest BCUT2D eigenvalue weighted by Crippen LogP contribution is 2.34. The van der Waals surface area contributed by atoms with Crippen molar-refractivity contribution in [2.45, 2.75) is 6.42 Å². The number of benzene rings is 3. The summed E-state index contributed by atoms with van der Waals surface area (Å²) in [6.45, 7) is 3.62. The van der Waals surface area contributed by atoms with Crippen molar-refractivity contribution in [2.75, 3.05) is 43.3 Å². The first-order valence-electron chi connectivity index (χ1n) is 10.1. The quantitative estimate of drug-likeness (QED) is 0.117. The minimum Gasteiger partial charge on any atom is -0.384 e. The summed E-state index contributed by atoms with van der Waals surface area (Å²) in [5, 5.41) is 8.43. The maximum atomic E-state index is 5.91. The number of halogens is 4. The topological polar surface area (TPSA) is 28.2 Å². The molecule has 1 N–H and O–H groups in total. The third-order valence-electron chi connectivity index (χ3n) is 5.33. The zero-order chi connectivity index (χ0) is 20.1. The number of fused-ring (bicyclic) bond motifs is 4. The molecule has 4 rings (SSSR count). The van der Waals surface area contributed by atoms with Crippen molar-refractivity contribution in [1.82, 2.24) is 9.88 Å². The van der Waals surface area contributed by atoms with Gasteiger partial charge in [-0.05, 0) is 24.4 Å². The van der Waals surface area contributed by atoms with Crippen LogP contribution in [0.2, 0.25) is 0 Å². The molecular weight excluding hydrogens is 472 g/mol. The van der Waals surface area contributed by atoms with Crippen LogP contribution in [0.25, 0.3) is 32.6 Å². The second kappa shape index (κ2) is 12.5. The molecule has 0 aliphatic carbocycles. The maximum absolute atomic E-state index is 5.91. The molecule has 0 saturated carbocycles. The summed E-state index contributed by atoms with van der Waals surface area (Å²) in [5.74, 6) is 1.27. The minimum absolute atomic E-state index is 0. The van der Waals surface area contributed by atoms with Crippen LogP contribution in [0.1, 0.15) is 6.42 Å². The Morgan fingerprint density at radius 3 is 2.16 bits per heavy atom. The number of hydrogen-bond acceptors (Lipinski definition) is 3. The van der Waals surface area contributed by atoms with Gasteiger partial charge in [-0.1, -0.05) is 54.6 Å². The molecule has 0 radical (unpaired) electrons. The Labute approximate surface area is 205 Å². The Morgan fingerprint density at radius 2 is 1.42 bits per heavy atom. The summed E-state index contributed by atoms with van der Waals surface area (Å²) >= 11 is 11.8. The van der Waals surface area contributed by atoms with E-state index >= 15 is 0 Å². The van der Waals surface area contributed by atoms with E-state index in [0.717, 1.165) is 54.7 Å². The van der Waals surface area contributed by atoms with Crippen LogP contribution in [-0.2, 0) is 0 Å². The predicted octanol–water partition coefficient (Wildman–Crippen LogP) is 6.97. The molecule has 0 atom stereocenters. The molecule has 31 heavy (non-hydrogen) atoms. The monoisotopic (exact) mass is 497 g/mol. The Hall–Kier alpha value is -1.49. The average molecular weight is 499 g/mol. The van der Waals surface area contributed by atoms with Crippen LogP contribution in [-0.4, -0.2) is 47.8 Å². The van der Waals surface area contributed by atoms with Gasteiger partial charge >= 0.3 is 0 Å². The molecule has 0 saturated heterocycles. The van der Waals surface area contributed by atoms with Gasteiger partial charge in [0.2, 0.25) is 0 Å². The fraction of sp³-hybridized carbons (Fsp3) is 0.292. The van der Waals surface area contributed by atoms with Crippen LogP contribution in [0.4, 0.5) is 5.69 Å². The van der Waals surface area contributed by atoms with E-state index in [1.165, 1.54) is 16.2 Å². The largest absolute Gasteiger partial charge is 0.384 e. The highest BCUT2D eigenvalue weighted by atomic mass is 35.5. The van der Waals surface area contributed by atoms with Crippen LogP contribution in [0, 0.1) is 0 Å². The van der Waals surface area contributed by atoms with E-state index in [9.17, 15) is 0 Å². The van der Waals surface area contributed by atoms with Gasteiger partial charge in [0.15, 0.2) is 0 Å². The Morgan fingerprint density at radius 1 is 0.742 bits per heavy atom. The molecule has 1 heterocycles. The fourth-order valence-electron chi connectivity index (χ4n) is 3.91. The van der Waals surface area contributed by atoms with Gasteiger partial charge in [-0.25, -0.2) is 4.98 Å². The second-order valence-corrected chi connectivity index (χ2v) is 7.94. The fourth-order valence-corrected chi connectivity index (χ4v) is 4.38. The standard InChI is InChI=1S/C24H25Cl2N3.2ClH/c25-12-16-29(17-13-26)15-5-14-27-23-20-8-3-4-9-22(20)28-24-19-7-2-1-6-18(19)10-11-21(23)24;;/h1-4,6-11H,5,12-17H2,(H,27,28);2*1H. The molecule has 0 aliphatic heterocycles. The number of aromatic nitrogens is 1. The molecule has 0 spiro atoms. The van der Waals surface area contributed by atoms with Crippen LogP contribution in [0.15, 0.2) is 60.7 Å². The average Bonchev–Trinajstić information content (AvgIpc) is 2.76. The number of nitrogens with zero attached hydrogens (tertiary/aromatic N) is 2. The Bertz CT molecular complexity index is 1110. The zero-order valence-corrected chi connectivity index (χ0v) is 20.3. The van der Waals surface area contributed by atoms with Gasteiger partial charge < -0.3 is 10.2 Å². The van der Waals surface area contributed by atoms with E-state index in [1.54, 1.807) is 0 Å². The van der Waals surface area contributed by atoms with Gasteiger partial charge in [0.25, 0.3) is 0 Å². The summed E-state index contributed by atoms with van der Waals surface area (Å²) in [6.07, 6.45) is 1.03. The van der Waals surface area contributed by atoms with Crippen LogP contribution in [0.3, 0.4) is 0 Å². The molecule has 0 aliphatic rings. The SMILES string of the molecule is Cl.Cl.ClCCN(CCCl)CCCNc1c2ccccc2nc2c1ccc1ccccc12. The van der Waals surface area contributed by atoms with Crippen molar-refractivity contribution in [2.24, 2.45) is 0 Å². The summed E-state index contributed by atoms with van der Waals surface area (Å²) in [5.41, 5.74) is 3.23. The summed E-state index contributed by atoms with van der Waals surface area (Å²) in [6, 6.07) is 21.2. The van der Waals surface area contributed by atoms with Crippen molar-refractivity contribution in [3.05, 3.63) is 60.7 Å². The molecule has 4 aromatic rings. The van der Waals surface area contributed by atoms with Gasteiger partial charge in [0.1, 0.15) is 0 Å². The molecule has 0 amide bonds. The molecular formula is C24H27Cl4N3. The van der Waals surface area contributed by atoms with E-state index in [0.29, 0.717) is 11.8 Å². The van der Waals surface area contributed by atoms with Gasteiger partial charge in [-0.2, -0.15) is 0 Å². The number of para-hydroxylation sites is 1. The smallest absolute Gasteiger partial charge is 0.0808 e. The summed E-state index contributed by atoms with van der Waals surface area (Å²) < 4.78 is 0. The molecule has 0 unspecified atom stereocenters. The highest BCUT2D eigenvalue weighted by Gasteiger charge is 2.11. The zero-order valence-electron chi connectivity index (χ0n) is 17.2. The number of alkyl halides is 2. The number of hydrogen-bond donors (Lipinski definition) is 1. The molecule has 0 fully saturated rings. The van der Waals surface area contributed by atoms with Gasteiger partial charge in [0.05, 0.1) is 16.7 Å². The van der Waals surface area contributed by atoms with Gasteiger partial charge in [-0.15, -0.1) is 48.0 Å². The van der Waals surface area contributed by atoms with Crippen molar-refractivity contribution in [3.8, 4) is 0 Å². The number of nitrogens with one attached hydrogen (secondary N) is 1. The molecule has 0 bridgehead atoms. The van der Waals surface area contributed by atoms with Gasteiger partial charge in [0, 0.05) is 47.6 Å². The molecule has 3 nitrogen and oxygen atoms in total. The summed E-state index contributed by atoms with van der Waals surface area (Å²) in [7, 11) is 0. The lowest BCUT2D eigenvalue weighted by Gasteiger charge is -2.20. The molecule has 3 aromatic carbocycles. The number of rotatable bonds is 9. The van der Waals surface area contributed by atoms with E-state index in [-0.39, 0.29) is 24.8 Å². The Kier molecular flexibility index (Phi) is 10.4. The molecule has 7 heteroatoms. The first-order valence-corrected chi connectivity index (χ1v) is 11.2. The summed E-state index contributed by atoms with van der Waals surface area (Å²) in [4.78, 5) is 7.31. The van der Waals surface area contributed by atoms with E-state index in [1.807, 2.05) is 6.07 Å². The Balaban J connectivity index is 0.00000171. The highest BCUT2D eigenvalue weighted by molar-refractivity contribution is 6.18. The predicted molar refractivity (Wildman–Crippen MR) is 142 cm³/mol. The maximum Gasteiger partial charge on any atom is 0.0808 e. The van der Waals surface area contributed by atoms with E-state index < -0.39 is 0 Å².